The average Bonchev–Trinajstić information content (AvgIpc) is 2.50. The molecule has 0 saturated heterocycles. The third-order valence-corrected chi connectivity index (χ3v) is 4.58. The molecule has 0 spiro atoms. The lowest BCUT2D eigenvalue weighted by atomic mass is 9.74. The van der Waals surface area contributed by atoms with Gasteiger partial charge in [-0.15, -0.1) is 0 Å². The van der Waals surface area contributed by atoms with Crippen LogP contribution in [0.1, 0.15) is 70.6 Å². The van der Waals surface area contributed by atoms with Crippen molar-refractivity contribution in [2.24, 2.45) is 10.9 Å². The van der Waals surface area contributed by atoms with Gasteiger partial charge in [0.15, 0.2) is 0 Å². The maximum absolute atomic E-state index is 4.78. The first-order valence-corrected chi connectivity index (χ1v) is 7.45. The largest absolute Gasteiger partial charge is 0.257 e. The van der Waals surface area contributed by atoms with E-state index in [9.17, 15) is 0 Å². The summed E-state index contributed by atoms with van der Waals surface area (Å²) >= 11 is 0. The molecule has 0 radical (unpaired) electrons. The maximum atomic E-state index is 4.78. The van der Waals surface area contributed by atoms with Gasteiger partial charge < -0.3 is 0 Å². The van der Waals surface area contributed by atoms with Gasteiger partial charge in [0.05, 0.1) is 5.69 Å². The predicted molar refractivity (Wildman–Crippen MR) is 84.8 cm³/mol. The standard InChI is InChI=1S/C18H27N/c1-11(2)10-13(4)16-12(3)8-9-15-17(16)18(6,7)14(5)19-15/h8-9,11,13H,10H2,1-7H3. The minimum Gasteiger partial charge on any atom is -0.257 e. The molecule has 1 aliphatic rings. The summed E-state index contributed by atoms with van der Waals surface area (Å²) in [6.45, 7) is 16.0. The summed E-state index contributed by atoms with van der Waals surface area (Å²) in [5, 5.41) is 0. The Hall–Kier alpha value is -1.11. The Morgan fingerprint density at radius 1 is 1.11 bits per heavy atom. The van der Waals surface area contributed by atoms with Crippen LogP contribution >= 0.6 is 0 Å². The lowest BCUT2D eigenvalue weighted by Crippen LogP contribution is -2.25. The molecule has 1 unspecified atom stereocenters. The van der Waals surface area contributed by atoms with Gasteiger partial charge in [0, 0.05) is 11.1 Å². The van der Waals surface area contributed by atoms with Crippen molar-refractivity contribution < 1.29 is 0 Å². The number of aliphatic imine (C=N–C) groups is 1. The van der Waals surface area contributed by atoms with Gasteiger partial charge in [-0.1, -0.05) is 40.7 Å². The molecule has 0 amide bonds. The minimum atomic E-state index is 0.0852. The lowest BCUT2D eigenvalue weighted by Gasteiger charge is -2.28. The molecular weight excluding hydrogens is 230 g/mol. The van der Waals surface area contributed by atoms with Crippen molar-refractivity contribution in [1.29, 1.82) is 0 Å². The number of hydrogen-bond donors (Lipinski definition) is 0. The average molecular weight is 257 g/mol. The van der Waals surface area contributed by atoms with Gasteiger partial charge in [-0.2, -0.15) is 0 Å². The molecule has 2 rings (SSSR count). The lowest BCUT2D eigenvalue weighted by molar-refractivity contribution is 0.516. The van der Waals surface area contributed by atoms with Crippen LogP contribution in [0.5, 0.6) is 0 Å². The van der Waals surface area contributed by atoms with Crippen LogP contribution in [0.2, 0.25) is 0 Å². The van der Waals surface area contributed by atoms with E-state index in [2.05, 4.69) is 60.6 Å². The smallest absolute Gasteiger partial charge is 0.0673 e. The predicted octanol–water partition coefficient (Wildman–Crippen LogP) is 5.53. The van der Waals surface area contributed by atoms with E-state index >= 15 is 0 Å². The molecule has 0 N–H and O–H groups in total. The molecule has 0 fully saturated rings. The summed E-state index contributed by atoms with van der Waals surface area (Å²) in [4.78, 5) is 4.78. The van der Waals surface area contributed by atoms with E-state index in [0.717, 1.165) is 5.92 Å². The number of nitrogens with zero attached hydrogens (tertiary/aromatic N) is 1. The minimum absolute atomic E-state index is 0.0852. The topological polar surface area (TPSA) is 12.4 Å². The molecule has 1 aromatic rings. The summed E-state index contributed by atoms with van der Waals surface area (Å²) < 4.78 is 0. The zero-order valence-electron chi connectivity index (χ0n) is 13.5. The molecule has 1 aliphatic heterocycles. The van der Waals surface area contributed by atoms with Crippen molar-refractivity contribution in [2.45, 2.75) is 66.2 Å². The highest BCUT2D eigenvalue weighted by Crippen LogP contribution is 2.46. The molecular formula is C18H27N. The van der Waals surface area contributed by atoms with Gasteiger partial charge >= 0.3 is 0 Å². The molecule has 0 saturated carbocycles. The second kappa shape index (κ2) is 4.77. The highest BCUT2D eigenvalue weighted by Gasteiger charge is 2.36. The van der Waals surface area contributed by atoms with Gasteiger partial charge in [-0.3, -0.25) is 4.99 Å². The van der Waals surface area contributed by atoms with Crippen molar-refractivity contribution >= 4 is 11.4 Å². The van der Waals surface area contributed by atoms with E-state index in [0.29, 0.717) is 5.92 Å². The van der Waals surface area contributed by atoms with Gasteiger partial charge in [0.1, 0.15) is 0 Å². The Kier molecular flexibility index (Phi) is 3.59. The number of rotatable bonds is 3. The fourth-order valence-corrected chi connectivity index (χ4v) is 3.42. The fourth-order valence-electron chi connectivity index (χ4n) is 3.42. The molecule has 0 bridgehead atoms. The second-order valence-corrected chi connectivity index (χ2v) is 7.04. The van der Waals surface area contributed by atoms with Crippen LogP contribution in [0.4, 0.5) is 5.69 Å². The summed E-state index contributed by atoms with van der Waals surface area (Å²) in [6, 6.07) is 4.43. The molecule has 104 valence electrons. The Balaban J connectivity index is 2.56. The second-order valence-electron chi connectivity index (χ2n) is 7.04. The van der Waals surface area contributed by atoms with Crippen LogP contribution in [-0.4, -0.2) is 5.71 Å². The molecule has 1 nitrogen and oxygen atoms in total. The molecule has 0 aromatic heterocycles. The molecule has 0 aliphatic carbocycles. The molecule has 1 atom stereocenters. The van der Waals surface area contributed by atoms with Crippen molar-refractivity contribution in [2.75, 3.05) is 0 Å². The van der Waals surface area contributed by atoms with Gasteiger partial charge in [-0.25, -0.2) is 0 Å². The van der Waals surface area contributed by atoms with E-state index in [4.69, 9.17) is 4.99 Å². The molecule has 19 heavy (non-hydrogen) atoms. The Morgan fingerprint density at radius 3 is 2.32 bits per heavy atom. The normalized spacial score (nSPS) is 18.4. The van der Waals surface area contributed by atoms with Crippen LogP contribution < -0.4 is 0 Å². The molecule has 1 heteroatoms. The van der Waals surface area contributed by atoms with E-state index in [1.165, 1.54) is 34.5 Å². The third kappa shape index (κ3) is 2.35. The van der Waals surface area contributed by atoms with Gasteiger partial charge in [0.25, 0.3) is 0 Å². The van der Waals surface area contributed by atoms with Gasteiger partial charge in [-0.05, 0) is 54.9 Å². The van der Waals surface area contributed by atoms with Crippen molar-refractivity contribution in [3.05, 3.63) is 28.8 Å². The summed E-state index contributed by atoms with van der Waals surface area (Å²) in [7, 11) is 0. The Morgan fingerprint density at radius 2 is 1.74 bits per heavy atom. The van der Waals surface area contributed by atoms with E-state index in [-0.39, 0.29) is 5.41 Å². The zero-order valence-corrected chi connectivity index (χ0v) is 13.5. The summed E-state index contributed by atoms with van der Waals surface area (Å²) in [5.41, 5.74) is 6.95. The summed E-state index contributed by atoms with van der Waals surface area (Å²) in [5.74, 6) is 1.34. The monoisotopic (exact) mass is 257 g/mol. The summed E-state index contributed by atoms with van der Waals surface area (Å²) in [6.07, 6.45) is 1.24. The number of hydrogen-bond acceptors (Lipinski definition) is 1. The first-order chi connectivity index (χ1) is 8.75. The number of benzene rings is 1. The third-order valence-electron chi connectivity index (χ3n) is 4.58. The van der Waals surface area contributed by atoms with Crippen molar-refractivity contribution in [3.8, 4) is 0 Å². The quantitative estimate of drug-likeness (QED) is 0.675. The Bertz CT molecular complexity index is 521. The Labute approximate surface area is 118 Å². The van der Waals surface area contributed by atoms with Crippen LogP contribution in [0, 0.1) is 12.8 Å². The SMILES string of the molecule is CC1=Nc2ccc(C)c(C(C)CC(C)C)c2C1(C)C. The van der Waals surface area contributed by atoms with E-state index in [1.54, 1.807) is 0 Å². The fraction of sp³-hybridized carbons (Fsp3) is 0.611. The highest BCUT2D eigenvalue weighted by atomic mass is 14.8. The van der Waals surface area contributed by atoms with Crippen molar-refractivity contribution in [3.63, 3.8) is 0 Å². The number of aryl methyl sites for hydroxylation is 1. The van der Waals surface area contributed by atoms with E-state index < -0.39 is 0 Å². The van der Waals surface area contributed by atoms with Crippen LogP contribution in [0.15, 0.2) is 17.1 Å². The van der Waals surface area contributed by atoms with Crippen molar-refractivity contribution in [1.82, 2.24) is 0 Å². The van der Waals surface area contributed by atoms with Gasteiger partial charge in [0.2, 0.25) is 0 Å². The zero-order chi connectivity index (χ0) is 14.4. The number of fused-ring (bicyclic) bond motifs is 1. The first kappa shape index (κ1) is 14.3. The van der Waals surface area contributed by atoms with Crippen LogP contribution in [-0.2, 0) is 5.41 Å². The van der Waals surface area contributed by atoms with Crippen LogP contribution in [0.25, 0.3) is 0 Å². The van der Waals surface area contributed by atoms with E-state index in [1.807, 2.05) is 0 Å². The van der Waals surface area contributed by atoms with Crippen LogP contribution in [0.3, 0.4) is 0 Å². The molecule has 1 heterocycles. The molecule has 1 aromatic carbocycles. The maximum Gasteiger partial charge on any atom is 0.0673 e. The first-order valence-electron chi connectivity index (χ1n) is 7.45. The highest BCUT2D eigenvalue weighted by molar-refractivity contribution is 6.00.